The van der Waals surface area contributed by atoms with E-state index in [-0.39, 0.29) is 17.2 Å². The zero-order chi connectivity index (χ0) is 32.3. The van der Waals surface area contributed by atoms with Crippen LogP contribution < -0.4 is 5.32 Å². The van der Waals surface area contributed by atoms with E-state index in [1.165, 1.54) is 77.0 Å². The number of carbonyl (C=O) groups excluding carboxylic acids is 2. The number of nitrogens with one attached hydrogen (secondary N) is 1. The van der Waals surface area contributed by atoms with Crippen molar-refractivity contribution in [1.29, 1.82) is 0 Å². The number of ether oxygens (including phenoxy) is 1. The Kier molecular flexibility index (Phi) is 11.9. The molecule has 5 heteroatoms. The highest BCUT2D eigenvalue weighted by atomic mass is 32.2. The van der Waals surface area contributed by atoms with E-state index < -0.39 is 5.60 Å². The van der Waals surface area contributed by atoms with E-state index in [9.17, 15) is 9.59 Å². The molecule has 3 saturated carbocycles. The highest BCUT2D eigenvalue weighted by Crippen LogP contribution is 2.67. The van der Waals surface area contributed by atoms with Crippen molar-refractivity contribution in [1.82, 2.24) is 5.32 Å². The summed E-state index contributed by atoms with van der Waals surface area (Å²) in [5, 5.41) is 3.80. The van der Waals surface area contributed by atoms with Crippen LogP contribution in [0.25, 0.3) is 0 Å². The van der Waals surface area contributed by atoms with Crippen molar-refractivity contribution in [3.05, 3.63) is 11.6 Å². The number of hydrogen-bond acceptors (Lipinski definition) is 4. The van der Waals surface area contributed by atoms with Gasteiger partial charge in [0.1, 0.15) is 5.78 Å². The third-order valence-corrected chi connectivity index (χ3v) is 14.0. The summed E-state index contributed by atoms with van der Waals surface area (Å²) >= 11 is 1.87. The van der Waals surface area contributed by atoms with Gasteiger partial charge in [-0.2, -0.15) is 0 Å². The first-order chi connectivity index (χ1) is 20.5. The third kappa shape index (κ3) is 8.75. The second-order valence-electron chi connectivity index (χ2n) is 17.6. The highest BCUT2D eigenvalue weighted by molar-refractivity contribution is 8.00. The van der Waals surface area contributed by atoms with Crippen LogP contribution in [0, 0.1) is 40.4 Å². The lowest BCUT2D eigenvalue weighted by atomic mass is 9.47. The highest BCUT2D eigenvalue weighted by Gasteiger charge is 2.58. The molecule has 1 N–H and O–H groups in total. The van der Waals surface area contributed by atoms with Gasteiger partial charge in [-0.25, -0.2) is 0 Å². The van der Waals surface area contributed by atoms with Gasteiger partial charge in [0.25, 0.3) is 0 Å². The van der Waals surface area contributed by atoms with E-state index in [1.807, 2.05) is 25.6 Å². The smallest absolute Gasteiger partial charge is 0.230 e. The molecule has 252 valence electrons. The first kappa shape index (κ1) is 36.0. The lowest BCUT2D eigenvalue weighted by Gasteiger charge is -2.58. The first-order valence-corrected chi connectivity index (χ1v) is 19.3. The monoisotopic (exact) mass is 629 g/mol. The molecule has 4 aliphatic rings. The Bertz CT molecular complexity index is 1030. The van der Waals surface area contributed by atoms with Gasteiger partial charge in [0.05, 0.1) is 11.4 Å². The van der Waals surface area contributed by atoms with Crippen LogP contribution in [0.15, 0.2) is 11.6 Å². The van der Waals surface area contributed by atoms with Crippen LogP contribution in [0.4, 0.5) is 0 Å². The molecule has 7 unspecified atom stereocenters. The van der Waals surface area contributed by atoms with Crippen LogP contribution in [0.2, 0.25) is 0 Å². The maximum Gasteiger partial charge on any atom is 0.230 e. The predicted octanol–water partition coefficient (Wildman–Crippen LogP) is 9.94. The second kappa shape index (κ2) is 14.5. The molecule has 4 rings (SSSR count). The molecule has 0 aliphatic heterocycles. The molecule has 1 amide bonds. The van der Waals surface area contributed by atoms with Crippen molar-refractivity contribution >= 4 is 23.5 Å². The quantitative estimate of drug-likeness (QED) is 0.145. The van der Waals surface area contributed by atoms with E-state index in [1.54, 1.807) is 12.5 Å². The minimum absolute atomic E-state index is 0.126. The van der Waals surface area contributed by atoms with E-state index in [2.05, 4.69) is 52.9 Å². The van der Waals surface area contributed by atoms with E-state index in [0.717, 1.165) is 36.0 Å². The average Bonchev–Trinajstić information content (AvgIpc) is 3.24. The molecule has 4 nitrogen and oxygen atoms in total. The van der Waals surface area contributed by atoms with Gasteiger partial charge in [0, 0.05) is 23.8 Å². The molecule has 0 bridgehead atoms. The van der Waals surface area contributed by atoms with Gasteiger partial charge in [0.2, 0.25) is 5.91 Å². The number of fused-ring (bicyclic) bond motifs is 5. The third-order valence-electron chi connectivity index (χ3n) is 12.7. The Hall–Kier alpha value is -0.810. The minimum atomic E-state index is -0.464. The van der Waals surface area contributed by atoms with Crippen molar-refractivity contribution in [3.63, 3.8) is 0 Å². The fraction of sp³-hybridized carbons (Fsp3) is 0.897. The Morgan fingerprint density at radius 1 is 1.05 bits per heavy atom. The lowest BCUT2D eigenvalue weighted by molar-refractivity contribution is -0.123. The molecule has 0 saturated heterocycles. The lowest BCUT2D eigenvalue weighted by Crippen LogP contribution is -2.50. The van der Waals surface area contributed by atoms with E-state index >= 15 is 0 Å². The average molecular weight is 630 g/mol. The fourth-order valence-corrected chi connectivity index (χ4v) is 11.2. The summed E-state index contributed by atoms with van der Waals surface area (Å²) in [4.78, 5) is 24.5. The largest absolute Gasteiger partial charge is 0.375 e. The zero-order valence-electron chi connectivity index (χ0n) is 30.0. The van der Waals surface area contributed by atoms with E-state index in [0.29, 0.717) is 34.9 Å². The molecule has 44 heavy (non-hydrogen) atoms. The maximum absolute atomic E-state index is 13.0. The molecular formula is C39H67NO3S. The molecule has 0 aromatic carbocycles. The van der Waals surface area contributed by atoms with Gasteiger partial charge < -0.3 is 10.1 Å². The van der Waals surface area contributed by atoms with Gasteiger partial charge in [0.15, 0.2) is 0 Å². The van der Waals surface area contributed by atoms with Crippen LogP contribution in [0.5, 0.6) is 0 Å². The van der Waals surface area contributed by atoms with Gasteiger partial charge in [-0.15, -0.1) is 11.8 Å². The topological polar surface area (TPSA) is 55.4 Å². The number of Topliss-reactive ketones (excluding diaryl/α,β-unsaturated/α-hetero) is 1. The molecule has 0 heterocycles. The first-order valence-electron chi connectivity index (χ1n) is 18.3. The molecule has 0 radical (unpaired) electrons. The molecule has 7 atom stereocenters. The van der Waals surface area contributed by atoms with Crippen LogP contribution >= 0.6 is 11.8 Å². The predicted molar refractivity (Wildman–Crippen MR) is 187 cm³/mol. The molecule has 0 aromatic rings. The second-order valence-corrected chi connectivity index (χ2v) is 18.9. The van der Waals surface area contributed by atoms with Gasteiger partial charge >= 0.3 is 0 Å². The number of thioether (sulfide) groups is 1. The van der Waals surface area contributed by atoms with Crippen molar-refractivity contribution < 1.29 is 14.3 Å². The fourth-order valence-electron chi connectivity index (χ4n) is 10.2. The summed E-state index contributed by atoms with van der Waals surface area (Å²) in [6.45, 7) is 20.2. The molecule has 0 aromatic heterocycles. The summed E-state index contributed by atoms with van der Waals surface area (Å²) in [5.41, 5.74) is 1.87. The van der Waals surface area contributed by atoms with Crippen LogP contribution in [0.1, 0.15) is 152 Å². The Morgan fingerprint density at radius 2 is 1.80 bits per heavy atom. The zero-order valence-corrected chi connectivity index (χ0v) is 30.8. The summed E-state index contributed by atoms with van der Waals surface area (Å²) in [6, 6.07) is 0. The van der Waals surface area contributed by atoms with Gasteiger partial charge in [-0.3, -0.25) is 9.59 Å². The number of ketones is 1. The molecular weight excluding hydrogens is 563 g/mol. The Balaban J connectivity index is 1.25. The van der Waals surface area contributed by atoms with Crippen LogP contribution in [-0.2, 0) is 14.3 Å². The molecule has 0 spiro atoms. The van der Waals surface area contributed by atoms with E-state index in [4.69, 9.17) is 4.74 Å². The number of rotatable bonds is 15. The number of unbranched alkanes of at least 4 members (excludes halogenated alkanes) is 1. The van der Waals surface area contributed by atoms with Gasteiger partial charge in [-0.1, -0.05) is 58.6 Å². The summed E-state index contributed by atoms with van der Waals surface area (Å²) < 4.78 is 5.99. The van der Waals surface area contributed by atoms with Crippen molar-refractivity contribution in [2.75, 3.05) is 12.4 Å². The van der Waals surface area contributed by atoms with Crippen molar-refractivity contribution in [2.45, 2.75) is 169 Å². The van der Waals surface area contributed by atoms with Crippen LogP contribution in [-0.4, -0.2) is 40.4 Å². The Morgan fingerprint density at radius 3 is 2.50 bits per heavy atom. The summed E-state index contributed by atoms with van der Waals surface area (Å²) in [7, 11) is 0. The molecule has 4 aliphatic carbocycles. The SMILES string of the molecule is CC(=O)CC(C)(C)OCCC(C)(C)NC(=O)CSC1CCC2(C)C(=CCC3C2CCC2(C)C(CCCCC(C)C)CCC32)C1. The normalized spacial score (nSPS) is 33.8. The Labute approximate surface area is 275 Å². The maximum atomic E-state index is 13.0. The van der Waals surface area contributed by atoms with Crippen molar-refractivity contribution in [3.8, 4) is 0 Å². The number of hydrogen-bond donors (Lipinski definition) is 1. The number of amides is 1. The standard InChI is InChI=1S/C39H67NO3S/c1-27(2)12-10-11-13-29-15-17-33-32-16-14-30-24-31(18-20-39(30,9)34(32)19-21-38(29,33)8)44-26-35(42)40-36(4,5)22-23-43-37(6,7)25-28(3)41/h14,27,29,31-34H,10-13,15-26H2,1-9H3,(H,40,42). The minimum Gasteiger partial charge on any atom is -0.375 e. The van der Waals surface area contributed by atoms with Crippen LogP contribution in [0.3, 0.4) is 0 Å². The van der Waals surface area contributed by atoms with Gasteiger partial charge in [-0.05, 0) is 139 Å². The van der Waals surface area contributed by atoms with Crippen molar-refractivity contribution in [2.24, 2.45) is 40.4 Å². The summed E-state index contributed by atoms with van der Waals surface area (Å²) in [5.74, 6) is 5.26. The summed E-state index contributed by atoms with van der Waals surface area (Å²) in [6.07, 6.45) is 20.3. The number of allylic oxidation sites excluding steroid dienone is 2. The number of carbonyl (C=O) groups is 2. The molecule has 3 fully saturated rings.